The summed E-state index contributed by atoms with van der Waals surface area (Å²) in [4.78, 5) is 4.36. The fraction of sp³-hybridized carbons (Fsp3) is 0.714. The molecule has 1 aliphatic rings. The fourth-order valence-electron chi connectivity index (χ4n) is 2.25. The van der Waals surface area contributed by atoms with Crippen molar-refractivity contribution in [1.82, 2.24) is 20.4 Å². The van der Waals surface area contributed by atoms with Gasteiger partial charge in [0.25, 0.3) is 0 Å². The van der Waals surface area contributed by atoms with E-state index >= 15 is 0 Å². The molecule has 0 unspecified atom stereocenters. The van der Waals surface area contributed by atoms with Gasteiger partial charge in [0, 0.05) is 52.4 Å². The predicted molar refractivity (Wildman–Crippen MR) is 82.2 cm³/mol. The molecule has 20 heavy (non-hydrogen) atoms. The number of rotatable bonds is 4. The van der Waals surface area contributed by atoms with Crippen LogP contribution in [0.25, 0.3) is 0 Å². The fourth-order valence-corrected chi connectivity index (χ4v) is 2.25. The topological polar surface area (TPSA) is 71.0 Å². The summed E-state index contributed by atoms with van der Waals surface area (Å²) in [5, 5.41) is 25.4. The van der Waals surface area contributed by atoms with Crippen molar-refractivity contribution in [2.24, 2.45) is 0 Å². The molecule has 1 rings (SSSR count). The zero-order chi connectivity index (χ0) is 14.8. The Balaban J connectivity index is 2.37. The monoisotopic (exact) mass is 284 g/mol. The molecular formula is C14H28N4O2. The van der Waals surface area contributed by atoms with E-state index in [4.69, 9.17) is 0 Å². The first-order valence-corrected chi connectivity index (χ1v) is 7.17. The van der Waals surface area contributed by atoms with Gasteiger partial charge in [-0.2, -0.15) is 0 Å². The molecule has 4 N–H and O–H groups in total. The van der Waals surface area contributed by atoms with Crippen LogP contribution in [0.15, 0.2) is 24.7 Å². The molecule has 1 aliphatic heterocycles. The van der Waals surface area contributed by atoms with Crippen LogP contribution in [0.4, 0.5) is 0 Å². The maximum absolute atomic E-state index is 9.30. The highest BCUT2D eigenvalue weighted by molar-refractivity contribution is 4.85. The van der Waals surface area contributed by atoms with Crippen LogP contribution in [0.2, 0.25) is 0 Å². The van der Waals surface area contributed by atoms with Crippen molar-refractivity contribution in [2.75, 3.05) is 65.4 Å². The Labute approximate surface area is 121 Å². The van der Waals surface area contributed by atoms with Gasteiger partial charge < -0.3 is 20.8 Å². The van der Waals surface area contributed by atoms with E-state index < -0.39 is 0 Å². The second kappa shape index (κ2) is 9.77. The van der Waals surface area contributed by atoms with Crippen LogP contribution < -0.4 is 10.6 Å². The van der Waals surface area contributed by atoms with E-state index in [0.29, 0.717) is 13.1 Å². The van der Waals surface area contributed by atoms with Crippen molar-refractivity contribution in [2.45, 2.75) is 0 Å². The van der Waals surface area contributed by atoms with E-state index in [2.05, 4.69) is 33.6 Å². The Hall–Kier alpha value is -1.08. The lowest BCUT2D eigenvalue weighted by Crippen LogP contribution is -2.44. The summed E-state index contributed by atoms with van der Waals surface area (Å²) < 4.78 is 0. The van der Waals surface area contributed by atoms with Gasteiger partial charge in [0.15, 0.2) is 0 Å². The molecule has 0 spiro atoms. The third kappa shape index (κ3) is 8.16. The average Bonchev–Trinajstić information content (AvgIpc) is 2.33. The number of nitrogens with zero attached hydrogens (tertiary/aromatic N) is 2. The third-order valence-electron chi connectivity index (χ3n) is 3.23. The van der Waals surface area contributed by atoms with Crippen LogP contribution in [0.3, 0.4) is 0 Å². The predicted octanol–water partition coefficient (Wildman–Crippen LogP) is -0.0734. The Kier molecular flexibility index (Phi) is 8.29. The number of aliphatic hydroxyl groups is 2. The lowest BCUT2D eigenvalue weighted by molar-refractivity contribution is 0.226. The highest BCUT2D eigenvalue weighted by Gasteiger charge is 2.09. The van der Waals surface area contributed by atoms with Crippen molar-refractivity contribution in [3.05, 3.63) is 24.7 Å². The number of aliphatic hydroxyl groups excluding tert-OH is 2. The quantitative estimate of drug-likeness (QED) is 0.542. The molecule has 0 atom stereocenters. The zero-order valence-corrected chi connectivity index (χ0v) is 12.3. The molecule has 0 radical (unpaired) electrons. The SMILES string of the molecule is C=C(O)CN1CCNCCN(CC(=C)O)CCNCC1. The molecule has 1 heterocycles. The third-order valence-corrected chi connectivity index (χ3v) is 3.23. The van der Waals surface area contributed by atoms with E-state index in [1.54, 1.807) is 0 Å². The molecule has 0 saturated carbocycles. The molecule has 116 valence electrons. The maximum atomic E-state index is 9.30. The standard InChI is InChI=1S/C14H28N4O2/c1-13(19)11-17-7-3-15-5-9-18(12-14(2)20)10-6-16-4-8-17/h15-16,19-20H,1-12H2. The maximum Gasteiger partial charge on any atom is 0.0991 e. The number of hydrogen-bond donors (Lipinski definition) is 4. The van der Waals surface area contributed by atoms with E-state index in [1.165, 1.54) is 0 Å². The van der Waals surface area contributed by atoms with Crippen molar-refractivity contribution in [3.63, 3.8) is 0 Å². The highest BCUT2D eigenvalue weighted by Crippen LogP contribution is 1.95. The highest BCUT2D eigenvalue weighted by atomic mass is 16.3. The van der Waals surface area contributed by atoms with Crippen LogP contribution in [-0.4, -0.2) is 85.5 Å². The summed E-state index contributed by atoms with van der Waals surface area (Å²) in [5.74, 6) is 0.425. The lowest BCUT2D eigenvalue weighted by Gasteiger charge is -2.26. The largest absolute Gasteiger partial charge is 0.512 e. The molecular weight excluding hydrogens is 256 g/mol. The summed E-state index contributed by atoms with van der Waals surface area (Å²) in [7, 11) is 0. The normalized spacial score (nSPS) is 20.8. The minimum atomic E-state index is 0.213. The lowest BCUT2D eigenvalue weighted by atomic mass is 10.3. The average molecular weight is 284 g/mol. The van der Waals surface area contributed by atoms with E-state index in [1.807, 2.05) is 0 Å². The van der Waals surface area contributed by atoms with Crippen LogP contribution in [-0.2, 0) is 0 Å². The zero-order valence-electron chi connectivity index (χ0n) is 12.3. The van der Waals surface area contributed by atoms with Crippen molar-refractivity contribution in [1.29, 1.82) is 0 Å². The van der Waals surface area contributed by atoms with Crippen LogP contribution in [0.5, 0.6) is 0 Å². The van der Waals surface area contributed by atoms with E-state index in [-0.39, 0.29) is 11.5 Å². The van der Waals surface area contributed by atoms with Gasteiger partial charge in [0.1, 0.15) is 0 Å². The van der Waals surface area contributed by atoms with Crippen molar-refractivity contribution < 1.29 is 10.2 Å². The van der Waals surface area contributed by atoms with Crippen LogP contribution in [0.1, 0.15) is 0 Å². The Morgan fingerprint density at radius 3 is 1.30 bits per heavy atom. The molecule has 0 bridgehead atoms. The minimum absolute atomic E-state index is 0.213. The molecule has 6 heteroatoms. The molecule has 0 amide bonds. The van der Waals surface area contributed by atoms with Gasteiger partial charge in [-0.25, -0.2) is 0 Å². The molecule has 0 aromatic carbocycles. The summed E-state index contributed by atoms with van der Waals surface area (Å²) in [6, 6.07) is 0. The van der Waals surface area contributed by atoms with Crippen molar-refractivity contribution >= 4 is 0 Å². The Morgan fingerprint density at radius 2 is 1.05 bits per heavy atom. The molecule has 0 aliphatic carbocycles. The minimum Gasteiger partial charge on any atom is -0.512 e. The molecule has 6 nitrogen and oxygen atoms in total. The number of hydrogen-bond acceptors (Lipinski definition) is 6. The molecule has 0 aromatic rings. The second-order valence-corrected chi connectivity index (χ2v) is 5.18. The van der Waals surface area contributed by atoms with Crippen LogP contribution in [0, 0.1) is 0 Å². The smallest absolute Gasteiger partial charge is 0.0991 e. The molecule has 0 aromatic heterocycles. The molecule has 1 saturated heterocycles. The first-order chi connectivity index (χ1) is 9.58. The van der Waals surface area contributed by atoms with Gasteiger partial charge in [0.05, 0.1) is 24.6 Å². The first kappa shape index (κ1) is 17.0. The number of nitrogens with one attached hydrogen (secondary N) is 2. The van der Waals surface area contributed by atoms with E-state index in [9.17, 15) is 10.2 Å². The van der Waals surface area contributed by atoms with Gasteiger partial charge in [-0.05, 0) is 0 Å². The molecule has 1 fully saturated rings. The Bertz CT molecular complexity index is 268. The van der Waals surface area contributed by atoms with Gasteiger partial charge in [-0.15, -0.1) is 0 Å². The summed E-state index contributed by atoms with van der Waals surface area (Å²) >= 11 is 0. The Morgan fingerprint density at radius 1 is 0.750 bits per heavy atom. The summed E-state index contributed by atoms with van der Waals surface area (Å²) in [6.45, 7) is 15.2. The first-order valence-electron chi connectivity index (χ1n) is 7.17. The van der Waals surface area contributed by atoms with Crippen molar-refractivity contribution in [3.8, 4) is 0 Å². The van der Waals surface area contributed by atoms with Gasteiger partial charge in [0.2, 0.25) is 0 Å². The summed E-state index contributed by atoms with van der Waals surface area (Å²) in [6.07, 6.45) is 0. The second-order valence-electron chi connectivity index (χ2n) is 5.18. The van der Waals surface area contributed by atoms with Gasteiger partial charge in [-0.1, -0.05) is 13.2 Å². The van der Waals surface area contributed by atoms with Crippen LogP contribution >= 0.6 is 0 Å². The van der Waals surface area contributed by atoms with E-state index in [0.717, 1.165) is 52.4 Å². The summed E-state index contributed by atoms with van der Waals surface area (Å²) in [5.41, 5.74) is 0. The van der Waals surface area contributed by atoms with Gasteiger partial charge >= 0.3 is 0 Å². The van der Waals surface area contributed by atoms with Gasteiger partial charge in [-0.3, -0.25) is 9.80 Å².